The maximum Gasteiger partial charge on any atom is 0.248 e. The molecule has 24 heavy (non-hydrogen) atoms. The average molecular weight is 330 g/mol. The summed E-state index contributed by atoms with van der Waals surface area (Å²) < 4.78 is 4.97. The molecule has 0 radical (unpaired) electrons. The van der Waals surface area contributed by atoms with Gasteiger partial charge in [-0.25, -0.2) is 0 Å². The molecular formula is C19H26N2O3. The summed E-state index contributed by atoms with van der Waals surface area (Å²) in [6.45, 7) is 1.69. The third-order valence-corrected chi connectivity index (χ3v) is 5.66. The predicted octanol–water partition coefficient (Wildman–Crippen LogP) is 1.82. The summed E-state index contributed by atoms with van der Waals surface area (Å²) in [7, 11) is 3.25. The summed E-state index contributed by atoms with van der Waals surface area (Å²) in [5.41, 5.74) is 2.81. The van der Waals surface area contributed by atoms with Crippen LogP contribution in [0.25, 0.3) is 0 Å². The Balaban J connectivity index is 1.78. The van der Waals surface area contributed by atoms with Crippen molar-refractivity contribution in [3.05, 3.63) is 35.4 Å². The summed E-state index contributed by atoms with van der Waals surface area (Å²) in [5, 5.41) is 2.74. The zero-order chi connectivity index (χ0) is 17.2. The van der Waals surface area contributed by atoms with Crippen LogP contribution in [-0.2, 0) is 19.7 Å². The number of amides is 2. The first kappa shape index (κ1) is 17.0. The number of nitrogens with one attached hydrogen (secondary N) is 1. The molecule has 1 aliphatic heterocycles. The molecule has 1 aliphatic carbocycles. The molecule has 2 amide bonds. The molecule has 1 aromatic carbocycles. The summed E-state index contributed by atoms with van der Waals surface area (Å²) in [6.07, 6.45) is 3.47. The third kappa shape index (κ3) is 3.05. The Labute approximate surface area is 143 Å². The number of ether oxygens (including phenoxy) is 1. The van der Waals surface area contributed by atoms with Gasteiger partial charge in [0.1, 0.15) is 6.61 Å². The van der Waals surface area contributed by atoms with Gasteiger partial charge in [0.2, 0.25) is 11.8 Å². The molecule has 5 nitrogen and oxygen atoms in total. The quantitative estimate of drug-likeness (QED) is 0.916. The second-order valence-corrected chi connectivity index (χ2v) is 6.96. The number of hydrogen-bond donors (Lipinski definition) is 1. The van der Waals surface area contributed by atoms with Crippen LogP contribution >= 0.6 is 0 Å². The van der Waals surface area contributed by atoms with Crippen LogP contribution in [-0.4, -0.2) is 50.6 Å². The van der Waals surface area contributed by atoms with Gasteiger partial charge in [-0.15, -0.1) is 0 Å². The first-order valence-corrected chi connectivity index (χ1v) is 8.66. The maximum absolute atomic E-state index is 12.0. The van der Waals surface area contributed by atoms with Crippen LogP contribution in [0.5, 0.6) is 0 Å². The van der Waals surface area contributed by atoms with Gasteiger partial charge in [0.05, 0.1) is 0 Å². The van der Waals surface area contributed by atoms with Gasteiger partial charge in [-0.05, 0) is 41.7 Å². The number of piperidine rings is 1. The molecule has 1 fully saturated rings. The van der Waals surface area contributed by atoms with Crippen LogP contribution in [0.1, 0.15) is 42.7 Å². The van der Waals surface area contributed by atoms with E-state index in [9.17, 15) is 9.59 Å². The first-order valence-electron chi connectivity index (χ1n) is 8.66. The summed E-state index contributed by atoms with van der Waals surface area (Å²) >= 11 is 0. The van der Waals surface area contributed by atoms with Crippen molar-refractivity contribution in [3.8, 4) is 0 Å². The molecule has 1 aromatic rings. The minimum absolute atomic E-state index is 0.0699. The molecule has 1 saturated heterocycles. The molecule has 5 heteroatoms. The van der Waals surface area contributed by atoms with E-state index in [1.165, 1.54) is 11.1 Å². The van der Waals surface area contributed by atoms with Crippen molar-refractivity contribution in [1.82, 2.24) is 10.2 Å². The van der Waals surface area contributed by atoms with Gasteiger partial charge in [-0.2, -0.15) is 0 Å². The number of likely N-dealkylation sites (tertiary alicyclic amines) is 1. The number of methoxy groups -OCH3 is 1. The second-order valence-electron chi connectivity index (χ2n) is 6.96. The van der Waals surface area contributed by atoms with E-state index in [2.05, 4.69) is 29.6 Å². The standard InChI is InChI=1S/C19H26N2O3/c1-20-17(22)11-14-12-19(16-6-4-3-5-15(14)16)7-9-21(10-8-19)18(23)13-24-2/h3-6,14H,7-13H2,1-2H3,(H,20,22)/t14-/m0/s1. The Morgan fingerprint density at radius 2 is 2.00 bits per heavy atom. The molecule has 1 atom stereocenters. The number of rotatable bonds is 4. The topological polar surface area (TPSA) is 58.6 Å². The number of benzene rings is 1. The summed E-state index contributed by atoms with van der Waals surface area (Å²) in [6, 6.07) is 8.53. The number of hydrogen-bond acceptors (Lipinski definition) is 3. The normalized spacial score (nSPS) is 21.6. The van der Waals surface area contributed by atoms with Crippen molar-refractivity contribution in [3.63, 3.8) is 0 Å². The Kier molecular flexibility index (Phi) is 4.90. The molecular weight excluding hydrogens is 304 g/mol. The summed E-state index contributed by atoms with van der Waals surface area (Å²) in [4.78, 5) is 25.8. The molecule has 0 bridgehead atoms. The van der Waals surface area contributed by atoms with Gasteiger partial charge in [0.25, 0.3) is 0 Å². The van der Waals surface area contributed by atoms with Crippen molar-refractivity contribution in [2.75, 3.05) is 33.9 Å². The third-order valence-electron chi connectivity index (χ3n) is 5.66. The van der Waals surface area contributed by atoms with Crippen molar-refractivity contribution in [2.24, 2.45) is 0 Å². The lowest BCUT2D eigenvalue weighted by molar-refractivity contribution is -0.136. The Morgan fingerprint density at radius 3 is 2.67 bits per heavy atom. The number of nitrogens with zero attached hydrogens (tertiary/aromatic N) is 1. The lowest BCUT2D eigenvalue weighted by Gasteiger charge is -2.40. The molecule has 0 unspecified atom stereocenters. The highest BCUT2D eigenvalue weighted by atomic mass is 16.5. The summed E-state index contributed by atoms with van der Waals surface area (Å²) in [5.74, 6) is 0.447. The Hall–Kier alpha value is -1.88. The fraction of sp³-hybridized carbons (Fsp3) is 0.579. The number of carbonyl (C=O) groups excluding carboxylic acids is 2. The van der Waals surface area contributed by atoms with Gasteiger partial charge in [0, 0.05) is 33.7 Å². The molecule has 1 heterocycles. The minimum Gasteiger partial charge on any atom is -0.375 e. The fourth-order valence-corrected chi connectivity index (χ4v) is 4.41. The zero-order valence-corrected chi connectivity index (χ0v) is 14.5. The molecule has 0 aromatic heterocycles. The minimum atomic E-state index is 0.0699. The van der Waals surface area contributed by atoms with E-state index < -0.39 is 0 Å². The van der Waals surface area contributed by atoms with Crippen LogP contribution in [0.2, 0.25) is 0 Å². The van der Waals surface area contributed by atoms with E-state index in [1.54, 1.807) is 14.2 Å². The van der Waals surface area contributed by atoms with Gasteiger partial charge in [-0.1, -0.05) is 24.3 Å². The van der Waals surface area contributed by atoms with Crippen LogP contribution in [0.4, 0.5) is 0 Å². The smallest absolute Gasteiger partial charge is 0.248 e. The van der Waals surface area contributed by atoms with Gasteiger partial charge in [-0.3, -0.25) is 9.59 Å². The highest BCUT2D eigenvalue weighted by molar-refractivity contribution is 5.78. The van der Waals surface area contributed by atoms with Crippen molar-refractivity contribution < 1.29 is 14.3 Å². The monoisotopic (exact) mass is 330 g/mol. The number of fused-ring (bicyclic) bond motifs is 2. The molecule has 3 rings (SSSR count). The second kappa shape index (κ2) is 6.93. The van der Waals surface area contributed by atoms with Crippen LogP contribution in [0.3, 0.4) is 0 Å². The van der Waals surface area contributed by atoms with E-state index in [0.29, 0.717) is 6.42 Å². The van der Waals surface area contributed by atoms with Crippen LogP contribution in [0.15, 0.2) is 24.3 Å². The average Bonchev–Trinajstić information content (AvgIpc) is 2.89. The molecule has 130 valence electrons. The largest absolute Gasteiger partial charge is 0.375 e. The van der Waals surface area contributed by atoms with Gasteiger partial charge >= 0.3 is 0 Å². The highest BCUT2D eigenvalue weighted by Gasteiger charge is 2.45. The van der Waals surface area contributed by atoms with Crippen LogP contribution < -0.4 is 5.32 Å². The molecule has 1 N–H and O–H groups in total. The zero-order valence-electron chi connectivity index (χ0n) is 14.5. The highest BCUT2D eigenvalue weighted by Crippen LogP contribution is 2.52. The Morgan fingerprint density at radius 1 is 1.29 bits per heavy atom. The SMILES string of the molecule is CNC(=O)C[C@H]1CC2(CCN(C(=O)COC)CC2)c2ccccc21. The van der Waals surface area contributed by atoms with Crippen molar-refractivity contribution in [2.45, 2.75) is 37.0 Å². The van der Waals surface area contributed by atoms with E-state index >= 15 is 0 Å². The fourth-order valence-electron chi connectivity index (χ4n) is 4.41. The lowest BCUT2D eigenvalue weighted by Crippen LogP contribution is -2.45. The molecule has 2 aliphatic rings. The van der Waals surface area contributed by atoms with E-state index in [4.69, 9.17) is 4.74 Å². The van der Waals surface area contributed by atoms with E-state index in [-0.39, 0.29) is 29.8 Å². The number of carbonyl (C=O) groups is 2. The Bertz CT molecular complexity index is 621. The van der Waals surface area contributed by atoms with E-state index in [1.807, 2.05) is 4.90 Å². The molecule has 1 spiro atoms. The first-order chi connectivity index (χ1) is 11.6. The van der Waals surface area contributed by atoms with Crippen molar-refractivity contribution in [1.29, 1.82) is 0 Å². The maximum atomic E-state index is 12.0. The van der Waals surface area contributed by atoms with Gasteiger partial charge in [0.15, 0.2) is 0 Å². The van der Waals surface area contributed by atoms with Gasteiger partial charge < -0.3 is 15.0 Å². The lowest BCUT2D eigenvalue weighted by atomic mass is 9.73. The van der Waals surface area contributed by atoms with Crippen LogP contribution in [0, 0.1) is 0 Å². The predicted molar refractivity (Wildman–Crippen MR) is 91.9 cm³/mol. The molecule has 0 saturated carbocycles. The van der Waals surface area contributed by atoms with Crippen molar-refractivity contribution >= 4 is 11.8 Å². The van der Waals surface area contributed by atoms with E-state index in [0.717, 1.165) is 32.4 Å².